The molecule has 520 valence electrons. The molecule has 1 amide bonds. The Bertz CT molecular complexity index is 1430. The van der Waals surface area contributed by atoms with Gasteiger partial charge in [-0.2, -0.15) is 0 Å². The fourth-order valence-corrected chi connectivity index (χ4v) is 12.8. The molecule has 0 saturated heterocycles. The van der Waals surface area contributed by atoms with Crippen molar-refractivity contribution in [2.24, 2.45) is 0 Å². The number of ether oxygens (including phenoxy) is 1. The van der Waals surface area contributed by atoms with Crippen LogP contribution in [0.25, 0.3) is 0 Å². The summed E-state index contributed by atoms with van der Waals surface area (Å²) in [4.78, 5) is 24.6. The normalized spacial score (nSPS) is 12.6. The number of unbranched alkanes of at least 4 members (excludes halogenated alkanes) is 59. The van der Waals surface area contributed by atoms with Gasteiger partial charge >= 0.3 is 5.97 Å². The Kier molecular flexibility index (Phi) is 75.8. The van der Waals surface area contributed by atoms with Crippen molar-refractivity contribution in [2.45, 2.75) is 463 Å². The number of aliphatic hydroxyl groups is 2. The standard InChI is InChI=1S/C82H157NO5/c1-3-5-7-9-11-13-15-17-19-20-44-47-50-54-58-62-66-70-74-80(85)79(78-84)83-81(86)75-71-67-63-59-55-51-48-45-42-40-38-36-34-32-30-28-26-24-22-21-23-25-27-29-31-33-35-37-39-41-43-46-49-53-57-61-65-69-73-77-88-82(87)76-72-68-64-60-56-52-18-16-14-12-10-8-6-4-2/h16,18,21-22,25,27,79-80,84-85H,3-15,17,19-20,23-24,26,28-78H2,1-2H3,(H,83,86)/b18-16-,22-21-,27-25-. The number of carbonyl (C=O) groups is 2. The van der Waals surface area contributed by atoms with E-state index in [0.717, 1.165) is 51.4 Å². The summed E-state index contributed by atoms with van der Waals surface area (Å²) < 4.78 is 5.49. The molecule has 0 saturated carbocycles. The molecule has 0 bridgehead atoms. The molecule has 88 heavy (non-hydrogen) atoms. The molecular formula is C82H157NO5. The predicted molar refractivity (Wildman–Crippen MR) is 389 cm³/mol. The van der Waals surface area contributed by atoms with E-state index in [2.05, 4.69) is 55.6 Å². The van der Waals surface area contributed by atoms with E-state index < -0.39 is 12.1 Å². The van der Waals surface area contributed by atoms with E-state index in [1.54, 1.807) is 0 Å². The molecule has 0 heterocycles. The van der Waals surface area contributed by atoms with Crippen molar-refractivity contribution in [3.05, 3.63) is 36.5 Å². The number of amides is 1. The van der Waals surface area contributed by atoms with Crippen LogP contribution in [0.3, 0.4) is 0 Å². The van der Waals surface area contributed by atoms with Gasteiger partial charge in [0.25, 0.3) is 0 Å². The monoisotopic (exact) mass is 1240 g/mol. The van der Waals surface area contributed by atoms with Gasteiger partial charge < -0.3 is 20.3 Å². The second kappa shape index (κ2) is 77.5. The van der Waals surface area contributed by atoms with Crippen molar-refractivity contribution in [3.8, 4) is 0 Å². The summed E-state index contributed by atoms with van der Waals surface area (Å²) >= 11 is 0. The van der Waals surface area contributed by atoms with E-state index in [-0.39, 0.29) is 18.5 Å². The van der Waals surface area contributed by atoms with Crippen LogP contribution in [0.4, 0.5) is 0 Å². The van der Waals surface area contributed by atoms with Crippen LogP contribution in [-0.2, 0) is 14.3 Å². The van der Waals surface area contributed by atoms with Gasteiger partial charge in [-0.25, -0.2) is 0 Å². The van der Waals surface area contributed by atoms with E-state index >= 15 is 0 Å². The first-order valence-corrected chi connectivity index (χ1v) is 40.2. The lowest BCUT2D eigenvalue weighted by Crippen LogP contribution is -2.45. The van der Waals surface area contributed by atoms with Crippen LogP contribution in [0.5, 0.6) is 0 Å². The van der Waals surface area contributed by atoms with Crippen molar-refractivity contribution in [2.75, 3.05) is 13.2 Å². The lowest BCUT2D eigenvalue weighted by atomic mass is 10.0. The SMILES string of the molecule is CCCCCCC/C=C\CCCCCCCC(=O)OCCCCCCCCCCCCCCCCC/C=C\C/C=C\CCCCCCCCCCCCCCCCCCCC(=O)NC(CO)C(O)CCCCCCCCCCCCCCCCCCCC. The molecule has 0 aromatic heterocycles. The quantitative estimate of drug-likeness (QED) is 0.0320. The highest BCUT2D eigenvalue weighted by atomic mass is 16.5. The Balaban J connectivity index is 3.35. The van der Waals surface area contributed by atoms with E-state index in [1.165, 1.54) is 366 Å². The molecule has 0 fully saturated rings. The van der Waals surface area contributed by atoms with Gasteiger partial charge in [0.15, 0.2) is 0 Å². The molecule has 6 nitrogen and oxygen atoms in total. The van der Waals surface area contributed by atoms with Gasteiger partial charge in [-0.1, -0.05) is 391 Å². The van der Waals surface area contributed by atoms with Gasteiger partial charge in [-0.15, -0.1) is 0 Å². The summed E-state index contributed by atoms with van der Waals surface area (Å²) in [5, 5.41) is 23.4. The minimum Gasteiger partial charge on any atom is -0.466 e. The van der Waals surface area contributed by atoms with Gasteiger partial charge in [0, 0.05) is 12.8 Å². The minimum atomic E-state index is -0.663. The molecule has 6 heteroatoms. The lowest BCUT2D eigenvalue weighted by molar-refractivity contribution is -0.143. The molecular weight excluding hydrogens is 1080 g/mol. The summed E-state index contributed by atoms with van der Waals surface area (Å²) in [6.07, 6.45) is 101. The molecule has 0 rings (SSSR count). The molecule has 0 aliphatic rings. The Morgan fingerprint density at radius 1 is 0.318 bits per heavy atom. The third kappa shape index (κ3) is 73.1. The average Bonchev–Trinajstić information content (AvgIpc) is 3.58. The van der Waals surface area contributed by atoms with Gasteiger partial charge in [-0.3, -0.25) is 9.59 Å². The molecule has 0 radical (unpaired) electrons. The highest BCUT2D eigenvalue weighted by Gasteiger charge is 2.20. The largest absolute Gasteiger partial charge is 0.466 e. The number of nitrogens with one attached hydrogen (secondary N) is 1. The van der Waals surface area contributed by atoms with Crippen LogP contribution in [0.2, 0.25) is 0 Å². The molecule has 0 spiro atoms. The van der Waals surface area contributed by atoms with Gasteiger partial charge in [0.1, 0.15) is 0 Å². The lowest BCUT2D eigenvalue weighted by Gasteiger charge is -2.22. The molecule has 0 aliphatic carbocycles. The van der Waals surface area contributed by atoms with Crippen molar-refractivity contribution in [1.82, 2.24) is 5.32 Å². The number of hydrogen-bond donors (Lipinski definition) is 3. The van der Waals surface area contributed by atoms with Crippen LogP contribution in [-0.4, -0.2) is 47.4 Å². The molecule has 0 aliphatic heterocycles. The number of esters is 1. The van der Waals surface area contributed by atoms with E-state index in [0.29, 0.717) is 25.9 Å². The molecule has 0 aromatic rings. The number of carbonyl (C=O) groups excluding carboxylic acids is 2. The number of rotatable bonds is 76. The van der Waals surface area contributed by atoms with E-state index in [1.807, 2.05) is 0 Å². The zero-order chi connectivity index (χ0) is 63.5. The van der Waals surface area contributed by atoms with Gasteiger partial charge in [-0.05, 0) is 83.5 Å². The topological polar surface area (TPSA) is 95.9 Å². The third-order valence-corrected chi connectivity index (χ3v) is 18.9. The number of allylic oxidation sites excluding steroid dienone is 6. The van der Waals surface area contributed by atoms with Crippen molar-refractivity contribution in [3.63, 3.8) is 0 Å². The molecule has 3 N–H and O–H groups in total. The minimum absolute atomic E-state index is 0.0124. The fourth-order valence-electron chi connectivity index (χ4n) is 12.8. The van der Waals surface area contributed by atoms with Crippen LogP contribution in [0.1, 0.15) is 450 Å². The van der Waals surface area contributed by atoms with Crippen molar-refractivity contribution in [1.29, 1.82) is 0 Å². The Morgan fingerprint density at radius 3 is 0.875 bits per heavy atom. The van der Waals surface area contributed by atoms with Gasteiger partial charge in [0.05, 0.1) is 25.4 Å². The van der Waals surface area contributed by atoms with Crippen LogP contribution in [0, 0.1) is 0 Å². The summed E-state index contributed by atoms with van der Waals surface area (Å²) in [6.45, 7) is 4.99. The maximum atomic E-state index is 12.5. The van der Waals surface area contributed by atoms with E-state index in [4.69, 9.17) is 4.74 Å². The maximum Gasteiger partial charge on any atom is 0.305 e. The Morgan fingerprint density at radius 2 is 0.568 bits per heavy atom. The molecule has 0 aromatic carbocycles. The number of aliphatic hydroxyl groups excluding tert-OH is 2. The predicted octanol–water partition coefficient (Wildman–Crippen LogP) is 26.6. The first-order valence-electron chi connectivity index (χ1n) is 40.2. The summed E-state index contributed by atoms with van der Waals surface area (Å²) in [7, 11) is 0. The van der Waals surface area contributed by atoms with Crippen molar-refractivity contribution < 1.29 is 24.5 Å². The van der Waals surface area contributed by atoms with Crippen LogP contribution < -0.4 is 5.32 Å². The number of hydrogen-bond acceptors (Lipinski definition) is 5. The molecule has 2 unspecified atom stereocenters. The van der Waals surface area contributed by atoms with Crippen LogP contribution in [0.15, 0.2) is 36.5 Å². The second-order valence-electron chi connectivity index (χ2n) is 27.7. The summed E-state index contributed by atoms with van der Waals surface area (Å²) in [5.41, 5.74) is 0. The smallest absolute Gasteiger partial charge is 0.305 e. The highest BCUT2D eigenvalue weighted by Crippen LogP contribution is 2.20. The fraction of sp³-hybridized carbons (Fsp3) is 0.902. The van der Waals surface area contributed by atoms with Gasteiger partial charge in [0.2, 0.25) is 5.91 Å². The zero-order valence-corrected chi connectivity index (χ0v) is 59.7. The Labute approximate surface area is 551 Å². The zero-order valence-electron chi connectivity index (χ0n) is 59.7. The second-order valence-corrected chi connectivity index (χ2v) is 27.7. The summed E-state index contributed by atoms with van der Waals surface area (Å²) in [6, 6.07) is -0.540. The first kappa shape index (κ1) is 86.1. The molecule has 2 atom stereocenters. The highest BCUT2D eigenvalue weighted by molar-refractivity contribution is 5.76. The Hall–Kier alpha value is -1.92. The van der Waals surface area contributed by atoms with Crippen molar-refractivity contribution >= 4 is 11.9 Å². The first-order chi connectivity index (χ1) is 43.5. The van der Waals surface area contributed by atoms with Crippen LogP contribution >= 0.6 is 0 Å². The average molecular weight is 1240 g/mol. The third-order valence-electron chi connectivity index (χ3n) is 18.9. The van der Waals surface area contributed by atoms with E-state index in [9.17, 15) is 19.8 Å². The maximum absolute atomic E-state index is 12.5. The summed E-state index contributed by atoms with van der Waals surface area (Å²) in [5.74, 6) is -0.0152.